The van der Waals surface area contributed by atoms with E-state index < -0.39 is 11.2 Å². The van der Waals surface area contributed by atoms with Crippen molar-refractivity contribution >= 4 is 23.5 Å². The van der Waals surface area contributed by atoms with E-state index in [4.69, 9.17) is 17.3 Å². The maximum atomic E-state index is 15.4. The zero-order valence-corrected chi connectivity index (χ0v) is 19.1. The Morgan fingerprint density at radius 3 is 2.39 bits per heavy atom. The lowest BCUT2D eigenvalue weighted by molar-refractivity contribution is -0.128. The van der Waals surface area contributed by atoms with Crippen LogP contribution in [0.4, 0.5) is 10.3 Å². The lowest BCUT2D eigenvalue weighted by Crippen LogP contribution is -2.34. The van der Waals surface area contributed by atoms with Gasteiger partial charge in [0.1, 0.15) is 5.82 Å². The Hall–Kier alpha value is -2.99. The number of anilines is 1. The Morgan fingerprint density at radius 2 is 1.74 bits per heavy atom. The smallest absolute Gasteiger partial charge is 0.225 e. The van der Waals surface area contributed by atoms with Crippen LogP contribution in [0, 0.1) is 25.1 Å². The van der Waals surface area contributed by atoms with Crippen molar-refractivity contribution in [2.24, 2.45) is 5.41 Å². The van der Waals surface area contributed by atoms with Gasteiger partial charge in [-0.3, -0.25) is 4.79 Å². The molecule has 0 bridgehead atoms. The van der Waals surface area contributed by atoms with Crippen LogP contribution in [0.5, 0.6) is 0 Å². The van der Waals surface area contributed by atoms with Crippen molar-refractivity contribution in [2.75, 3.05) is 5.73 Å². The summed E-state index contributed by atoms with van der Waals surface area (Å²) in [5.41, 5.74) is 9.78. The number of nitrogens with zero attached hydrogens (tertiary/aromatic N) is 2. The number of hydrogen-bond acceptors (Lipinski definition) is 4. The SMILES string of the molecule is Cc1ccc(-c2cc(-c3c(Cl)ccc(CNC(=O)C(C)(C)C)c3F)nc(N)n2)cc1C. The highest BCUT2D eigenvalue weighted by atomic mass is 35.5. The Kier molecular flexibility index (Phi) is 6.32. The van der Waals surface area contributed by atoms with Gasteiger partial charge in [0.05, 0.1) is 22.0 Å². The largest absolute Gasteiger partial charge is 0.368 e. The maximum Gasteiger partial charge on any atom is 0.225 e. The fourth-order valence-electron chi connectivity index (χ4n) is 3.05. The molecule has 7 heteroatoms. The third-order valence-corrected chi connectivity index (χ3v) is 5.41. The van der Waals surface area contributed by atoms with Gasteiger partial charge in [-0.2, -0.15) is 0 Å². The number of benzene rings is 2. The highest BCUT2D eigenvalue weighted by molar-refractivity contribution is 6.33. The molecule has 0 aliphatic carbocycles. The molecule has 0 atom stereocenters. The molecule has 162 valence electrons. The first kappa shape index (κ1) is 22.7. The lowest BCUT2D eigenvalue weighted by Gasteiger charge is -2.18. The van der Waals surface area contributed by atoms with Gasteiger partial charge < -0.3 is 11.1 Å². The molecular formula is C24H26ClFN4O. The molecule has 5 nitrogen and oxygen atoms in total. The average molecular weight is 441 g/mol. The fraction of sp³-hybridized carbons (Fsp3) is 0.292. The average Bonchev–Trinajstić information content (AvgIpc) is 2.68. The molecule has 3 N–H and O–H groups in total. The van der Waals surface area contributed by atoms with Gasteiger partial charge in [-0.1, -0.05) is 50.6 Å². The summed E-state index contributed by atoms with van der Waals surface area (Å²) in [4.78, 5) is 20.7. The molecule has 0 saturated heterocycles. The van der Waals surface area contributed by atoms with Crippen LogP contribution in [0.2, 0.25) is 5.02 Å². The molecule has 3 rings (SSSR count). The third kappa shape index (κ3) is 5.02. The molecule has 0 aliphatic heterocycles. The number of carbonyl (C=O) groups is 1. The van der Waals surface area contributed by atoms with E-state index in [9.17, 15) is 4.79 Å². The van der Waals surface area contributed by atoms with Gasteiger partial charge in [-0.25, -0.2) is 14.4 Å². The van der Waals surface area contributed by atoms with Gasteiger partial charge in [0.25, 0.3) is 0 Å². The molecule has 0 radical (unpaired) electrons. The number of halogens is 2. The van der Waals surface area contributed by atoms with Crippen molar-refractivity contribution in [2.45, 2.75) is 41.2 Å². The number of aryl methyl sites for hydroxylation is 2. The summed E-state index contributed by atoms with van der Waals surface area (Å²) in [6.07, 6.45) is 0. The van der Waals surface area contributed by atoms with Gasteiger partial charge in [-0.05, 0) is 43.2 Å². The van der Waals surface area contributed by atoms with E-state index in [0.717, 1.165) is 16.7 Å². The number of aromatic nitrogens is 2. The molecule has 31 heavy (non-hydrogen) atoms. The first-order valence-electron chi connectivity index (χ1n) is 9.95. The second kappa shape index (κ2) is 8.63. The van der Waals surface area contributed by atoms with Crippen LogP contribution < -0.4 is 11.1 Å². The van der Waals surface area contributed by atoms with Crippen molar-refractivity contribution in [3.63, 3.8) is 0 Å². The molecule has 0 spiro atoms. The van der Waals surface area contributed by atoms with Crippen LogP contribution in [0.3, 0.4) is 0 Å². The Morgan fingerprint density at radius 1 is 1.06 bits per heavy atom. The van der Waals surface area contributed by atoms with E-state index in [1.807, 2.05) is 32.0 Å². The molecule has 0 saturated carbocycles. The summed E-state index contributed by atoms with van der Waals surface area (Å²) in [5.74, 6) is -0.704. The van der Waals surface area contributed by atoms with Crippen molar-refractivity contribution in [3.8, 4) is 22.5 Å². The topological polar surface area (TPSA) is 80.9 Å². The minimum Gasteiger partial charge on any atom is -0.368 e. The Labute approximate surface area is 186 Å². The molecule has 1 amide bonds. The second-order valence-corrected chi connectivity index (χ2v) is 9.03. The van der Waals surface area contributed by atoms with E-state index >= 15 is 4.39 Å². The second-order valence-electron chi connectivity index (χ2n) is 8.62. The van der Waals surface area contributed by atoms with E-state index in [0.29, 0.717) is 11.3 Å². The van der Waals surface area contributed by atoms with E-state index in [2.05, 4.69) is 15.3 Å². The van der Waals surface area contributed by atoms with Crippen molar-refractivity contribution in [1.82, 2.24) is 15.3 Å². The molecule has 0 fully saturated rings. The van der Waals surface area contributed by atoms with Gasteiger partial charge in [0.2, 0.25) is 11.9 Å². The van der Waals surface area contributed by atoms with Gasteiger partial charge in [0, 0.05) is 23.1 Å². The van der Waals surface area contributed by atoms with Crippen molar-refractivity contribution < 1.29 is 9.18 Å². The zero-order chi connectivity index (χ0) is 22.9. The predicted molar refractivity (Wildman–Crippen MR) is 123 cm³/mol. The standard InChI is InChI=1S/C24H26ClFN4O/c1-13-6-7-15(10-14(13)2)18-11-19(30-23(27)29-18)20-17(25)9-8-16(21(20)26)12-28-22(31)24(3,4)5/h6-11H,12H2,1-5H3,(H,28,31)(H2,27,29,30). The molecule has 3 aromatic rings. The highest BCUT2D eigenvalue weighted by Crippen LogP contribution is 2.34. The van der Waals surface area contributed by atoms with Crippen molar-refractivity contribution in [3.05, 3.63) is 63.9 Å². The minimum absolute atomic E-state index is 0.0210. The van der Waals surface area contributed by atoms with Crippen LogP contribution in [-0.4, -0.2) is 15.9 Å². The van der Waals surface area contributed by atoms with Crippen LogP contribution in [-0.2, 0) is 11.3 Å². The zero-order valence-electron chi connectivity index (χ0n) is 18.3. The molecule has 2 aromatic carbocycles. The number of carbonyl (C=O) groups excluding carboxylic acids is 1. The maximum absolute atomic E-state index is 15.4. The van der Waals surface area contributed by atoms with E-state index in [-0.39, 0.29) is 34.7 Å². The van der Waals surface area contributed by atoms with E-state index in [1.165, 1.54) is 0 Å². The minimum atomic E-state index is -0.575. The first-order valence-corrected chi connectivity index (χ1v) is 10.3. The summed E-state index contributed by atoms with van der Waals surface area (Å²) in [6.45, 7) is 9.46. The van der Waals surface area contributed by atoms with E-state index in [1.54, 1.807) is 39.0 Å². The van der Waals surface area contributed by atoms with Gasteiger partial charge >= 0.3 is 0 Å². The van der Waals surface area contributed by atoms with Crippen molar-refractivity contribution in [1.29, 1.82) is 0 Å². The summed E-state index contributed by atoms with van der Waals surface area (Å²) < 4.78 is 15.4. The van der Waals surface area contributed by atoms with Gasteiger partial charge in [-0.15, -0.1) is 0 Å². The normalized spacial score (nSPS) is 11.5. The summed E-state index contributed by atoms with van der Waals surface area (Å²) in [5, 5.41) is 2.96. The lowest BCUT2D eigenvalue weighted by atomic mass is 9.95. The third-order valence-electron chi connectivity index (χ3n) is 5.09. The van der Waals surface area contributed by atoms with Crippen LogP contribution in [0.1, 0.15) is 37.5 Å². The molecule has 0 unspecified atom stereocenters. The molecular weight excluding hydrogens is 415 g/mol. The number of nitrogens with two attached hydrogens (primary N) is 1. The predicted octanol–water partition coefficient (Wildman–Crippen LogP) is 5.46. The van der Waals surface area contributed by atoms with Gasteiger partial charge in [0.15, 0.2) is 0 Å². The van der Waals surface area contributed by atoms with Crippen LogP contribution in [0.15, 0.2) is 36.4 Å². The highest BCUT2D eigenvalue weighted by Gasteiger charge is 2.22. The summed E-state index contributed by atoms with van der Waals surface area (Å²) in [6, 6.07) is 10.7. The van der Waals surface area contributed by atoms with Crippen LogP contribution >= 0.6 is 11.6 Å². The molecule has 0 aliphatic rings. The number of rotatable bonds is 4. The number of hydrogen-bond donors (Lipinski definition) is 2. The molecule has 1 aromatic heterocycles. The first-order chi connectivity index (χ1) is 14.5. The summed E-state index contributed by atoms with van der Waals surface area (Å²) in [7, 11) is 0. The quantitative estimate of drug-likeness (QED) is 0.564. The fourth-order valence-corrected chi connectivity index (χ4v) is 3.29. The monoisotopic (exact) mass is 440 g/mol. The molecule has 1 heterocycles. The number of amides is 1. The number of nitrogens with one attached hydrogen (secondary N) is 1. The Balaban J connectivity index is 2.03. The van der Waals surface area contributed by atoms with Crippen LogP contribution in [0.25, 0.3) is 22.5 Å². The number of nitrogen functional groups attached to an aromatic ring is 1. The summed E-state index contributed by atoms with van der Waals surface area (Å²) >= 11 is 6.34. The Bertz CT molecular complexity index is 1160.